The molecule has 0 aliphatic carbocycles. The second kappa shape index (κ2) is 8.06. The number of benzene rings is 1. The number of hydrogen-bond donors (Lipinski definition) is 0. The highest BCUT2D eigenvalue weighted by atomic mass is 16.5. The first-order chi connectivity index (χ1) is 10.6. The van der Waals surface area contributed by atoms with Gasteiger partial charge < -0.3 is 9.26 Å². The van der Waals surface area contributed by atoms with E-state index in [9.17, 15) is 0 Å². The van der Waals surface area contributed by atoms with Gasteiger partial charge in [0.25, 0.3) is 0 Å². The van der Waals surface area contributed by atoms with Crippen LogP contribution in [0.5, 0.6) is 0 Å². The lowest BCUT2D eigenvalue weighted by Crippen LogP contribution is -2.30. The molecule has 0 N–H and O–H groups in total. The molecule has 2 rings (SSSR count). The van der Waals surface area contributed by atoms with Crippen molar-refractivity contribution in [2.75, 3.05) is 6.61 Å². The van der Waals surface area contributed by atoms with E-state index in [1.54, 1.807) is 0 Å². The van der Waals surface area contributed by atoms with Crippen molar-refractivity contribution in [2.45, 2.75) is 52.9 Å². The van der Waals surface area contributed by atoms with Crippen LogP contribution in [0.4, 0.5) is 0 Å². The van der Waals surface area contributed by atoms with Crippen molar-refractivity contribution in [3.05, 3.63) is 47.6 Å². The van der Waals surface area contributed by atoms with Crippen LogP contribution in [0, 0.1) is 0 Å². The van der Waals surface area contributed by atoms with Gasteiger partial charge >= 0.3 is 0 Å². The van der Waals surface area contributed by atoms with E-state index >= 15 is 0 Å². The van der Waals surface area contributed by atoms with E-state index in [2.05, 4.69) is 53.2 Å². The molecule has 0 aliphatic heterocycles. The van der Waals surface area contributed by atoms with E-state index in [0.717, 1.165) is 6.54 Å². The summed E-state index contributed by atoms with van der Waals surface area (Å²) >= 11 is 0. The minimum atomic E-state index is -0.135. The van der Waals surface area contributed by atoms with Crippen LogP contribution < -0.4 is 0 Å². The number of hydrogen-bond acceptors (Lipinski definition) is 5. The highest BCUT2D eigenvalue weighted by Gasteiger charge is 2.18. The molecule has 0 aliphatic rings. The predicted molar refractivity (Wildman–Crippen MR) is 85.2 cm³/mol. The average molecular weight is 303 g/mol. The van der Waals surface area contributed by atoms with Gasteiger partial charge in [-0.15, -0.1) is 0 Å². The summed E-state index contributed by atoms with van der Waals surface area (Å²) in [6, 6.07) is 10.8. The average Bonchev–Trinajstić information content (AvgIpc) is 2.96. The van der Waals surface area contributed by atoms with E-state index < -0.39 is 0 Å². The molecule has 1 heterocycles. The van der Waals surface area contributed by atoms with Crippen molar-refractivity contribution >= 4 is 0 Å². The molecular formula is C17H25N3O2. The SMILES string of the molecule is CCO[C@H](C)c1noc(CN(Cc2ccccc2)C(C)C)n1. The molecule has 5 heteroatoms. The Balaban J connectivity index is 2.02. The van der Waals surface area contributed by atoms with Crippen molar-refractivity contribution in [1.82, 2.24) is 15.0 Å². The van der Waals surface area contributed by atoms with Crippen LogP contribution in [-0.2, 0) is 17.8 Å². The molecule has 0 unspecified atom stereocenters. The Morgan fingerprint density at radius 2 is 1.86 bits per heavy atom. The zero-order chi connectivity index (χ0) is 15.9. The van der Waals surface area contributed by atoms with Gasteiger partial charge in [-0.2, -0.15) is 4.98 Å². The van der Waals surface area contributed by atoms with Gasteiger partial charge in [-0.05, 0) is 33.3 Å². The topological polar surface area (TPSA) is 51.4 Å². The van der Waals surface area contributed by atoms with Crippen LogP contribution in [0.1, 0.15) is 51.1 Å². The second-order valence-electron chi connectivity index (χ2n) is 5.63. The molecule has 0 spiro atoms. The van der Waals surface area contributed by atoms with Crippen LogP contribution in [0.25, 0.3) is 0 Å². The molecular weight excluding hydrogens is 278 g/mol. The Labute approximate surface area is 132 Å². The van der Waals surface area contributed by atoms with Crippen LogP contribution >= 0.6 is 0 Å². The Bertz CT molecular complexity index is 554. The van der Waals surface area contributed by atoms with Crippen molar-refractivity contribution in [1.29, 1.82) is 0 Å². The van der Waals surface area contributed by atoms with Crippen LogP contribution in [0.3, 0.4) is 0 Å². The standard InChI is InChI=1S/C17H25N3O2/c1-5-21-14(4)17-18-16(22-19-17)12-20(13(2)3)11-15-9-7-6-8-10-15/h6-10,13-14H,5,11-12H2,1-4H3/t14-/m1/s1. The highest BCUT2D eigenvalue weighted by Crippen LogP contribution is 2.16. The maximum absolute atomic E-state index is 5.49. The summed E-state index contributed by atoms with van der Waals surface area (Å²) in [5, 5.41) is 4.02. The van der Waals surface area contributed by atoms with Gasteiger partial charge in [-0.3, -0.25) is 4.90 Å². The van der Waals surface area contributed by atoms with Crippen molar-refractivity contribution in [3.63, 3.8) is 0 Å². The van der Waals surface area contributed by atoms with Crippen LogP contribution in [0.15, 0.2) is 34.9 Å². The quantitative estimate of drug-likeness (QED) is 0.746. The molecule has 1 aromatic heterocycles. The van der Waals surface area contributed by atoms with Crippen molar-refractivity contribution < 1.29 is 9.26 Å². The van der Waals surface area contributed by atoms with Gasteiger partial charge in [0.15, 0.2) is 5.82 Å². The molecule has 0 saturated carbocycles. The largest absolute Gasteiger partial charge is 0.371 e. The smallest absolute Gasteiger partial charge is 0.240 e. The fraction of sp³-hybridized carbons (Fsp3) is 0.529. The molecule has 22 heavy (non-hydrogen) atoms. The molecule has 0 saturated heterocycles. The summed E-state index contributed by atoms with van der Waals surface area (Å²) in [4.78, 5) is 6.75. The van der Waals surface area contributed by atoms with Gasteiger partial charge in [-0.25, -0.2) is 0 Å². The maximum atomic E-state index is 5.49. The number of aromatic nitrogens is 2. The lowest BCUT2D eigenvalue weighted by atomic mass is 10.2. The van der Waals surface area contributed by atoms with Gasteiger partial charge in [0.1, 0.15) is 6.10 Å². The molecule has 0 bridgehead atoms. The first-order valence-corrected chi connectivity index (χ1v) is 7.82. The minimum absolute atomic E-state index is 0.135. The molecule has 0 radical (unpaired) electrons. The second-order valence-corrected chi connectivity index (χ2v) is 5.63. The Morgan fingerprint density at radius 1 is 1.14 bits per heavy atom. The van der Waals surface area contributed by atoms with Crippen LogP contribution in [-0.4, -0.2) is 27.7 Å². The summed E-state index contributed by atoms with van der Waals surface area (Å²) in [7, 11) is 0. The van der Waals surface area contributed by atoms with Crippen LogP contribution in [0.2, 0.25) is 0 Å². The van der Waals surface area contributed by atoms with Gasteiger partial charge in [0, 0.05) is 19.2 Å². The van der Waals surface area contributed by atoms with Gasteiger partial charge in [-0.1, -0.05) is 35.5 Å². The summed E-state index contributed by atoms with van der Waals surface area (Å²) in [5.41, 5.74) is 1.28. The molecule has 2 aromatic rings. The van der Waals surface area contributed by atoms with Gasteiger partial charge in [0.05, 0.1) is 6.54 Å². The van der Waals surface area contributed by atoms with Crippen molar-refractivity contribution in [2.24, 2.45) is 0 Å². The lowest BCUT2D eigenvalue weighted by Gasteiger charge is -2.24. The zero-order valence-electron chi connectivity index (χ0n) is 13.8. The molecule has 1 aromatic carbocycles. The third-order valence-corrected chi connectivity index (χ3v) is 3.56. The van der Waals surface area contributed by atoms with Gasteiger partial charge in [0.2, 0.25) is 5.89 Å². The monoisotopic (exact) mass is 303 g/mol. The minimum Gasteiger partial charge on any atom is -0.371 e. The predicted octanol–water partition coefficient (Wildman–Crippen LogP) is 3.58. The third-order valence-electron chi connectivity index (χ3n) is 3.56. The Kier molecular flexibility index (Phi) is 6.10. The van der Waals surface area contributed by atoms with E-state index in [4.69, 9.17) is 9.26 Å². The van der Waals surface area contributed by atoms with E-state index in [1.807, 2.05) is 19.9 Å². The highest BCUT2D eigenvalue weighted by molar-refractivity contribution is 5.14. The first-order valence-electron chi connectivity index (χ1n) is 7.82. The molecule has 1 atom stereocenters. The summed E-state index contributed by atoms with van der Waals surface area (Å²) in [5.74, 6) is 1.24. The molecule has 120 valence electrons. The van der Waals surface area contributed by atoms with Crippen molar-refractivity contribution in [3.8, 4) is 0 Å². The molecule has 5 nitrogen and oxygen atoms in total. The fourth-order valence-electron chi connectivity index (χ4n) is 2.23. The third kappa shape index (κ3) is 4.64. The lowest BCUT2D eigenvalue weighted by molar-refractivity contribution is 0.0683. The zero-order valence-corrected chi connectivity index (χ0v) is 13.8. The number of rotatable bonds is 8. The number of ether oxygens (including phenoxy) is 1. The Hall–Kier alpha value is -1.72. The summed E-state index contributed by atoms with van der Waals surface area (Å²) in [6.45, 7) is 10.4. The summed E-state index contributed by atoms with van der Waals surface area (Å²) in [6.07, 6.45) is -0.135. The maximum Gasteiger partial charge on any atom is 0.240 e. The van der Waals surface area contributed by atoms with E-state index in [0.29, 0.717) is 30.9 Å². The number of nitrogens with zero attached hydrogens (tertiary/aromatic N) is 3. The molecule has 0 fully saturated rings. The Morgan fingerprint density at radius 3 is 2.50 bits per heavy atom. The fourth-order valence-corrected chi connectivity index (χ4v) is 2.23. The first kappa shape index (κ1) is 16.6. The summed E-state index contributed by atoms with van der Waals surface area (Å²) < 4.78 is 10.9. The molecule has 0 amide bonds. The van der Waals surface area contributed by atoms with E-state index in [1.165, 1.54) is 5.56 Å². The normalized spacial score (nSPS) is 13.0. The van der Waals surface area contributed by atoms with E-state index in [-0.39, 0.29) is 6.10 Å².